The maximum Gasteiger partial charge on any atom is 0.247 e. The summed E-state index contributed by atoms with van der Waals surface area (Å²) in [7, 11) is 0. The lowest BCUT2D eigenvalue weighted by Gasteiger charge is -2.31. The third kappa shape index (κ3) is 6.26. The van der Waals surface area contributed by atoms with Crippen LogP contribution in [0.5, 0.6) is 0 Å². The number of rotatable bonds is 9. The number of anilines is 1. The summed E-state index contributed by atoms with van der Waals surface area (Å²) in [6, 6.07) is 17.4. The molecule has 1 aromatic heterocycles. The molecule has 8 nitrogen and oxygen atoms in total. The lowest BCUT2D eigenvalue weighted by atomic mass is 9.97. The lowest BCUT2D eigenvalue weighted by molar-refractivity contribution is -0.123. The van der Waals surface area contributed by atoms with Crippen molar-refractivity contribution in [2.24, 2.45) is 11.7 Å². The molecule has 8 heteroatoms. The standard InChI is InChI=1S/C25H29N5O3/c26-24(32)20-11-7-15-30(17-20)16-19-10-4-5-12-21(19)27-22(31)13-6-14-23-28-29-25(33-23)18-8-2-1-3-9-18/h1-5,8-10,12,20H,6-7,11,13-17H2,(H2,26,32)(H,27,31)/t20-/m1/s1. The van der Waals surface area contributed by atoms with E-state index in [1.165, 1.54) is 0 Å². The Kier molecular flexibility index (Phi) is 7.47. The fourth-order valence-corrected chi connectivity index (χ4v) is 4.12. The van der Waals surface area contributed by atoms with Crippen LogP contribution in [0.2, 0.25) is 0 Å². The number of carbonyl (C=O) groups excluding carboxylic acids is 2. The van der Waals surface area contributed by atoms with Crippen molar-refractivity contribution in [2.45, 2.75) is 38.6 Å². The first-order valence-corrected chi connectivity index (χ1v) is 11.4. The minimum atomic E-state index is -0.238. The number of nitrogens with one attached hydrogen (secondary N) is 1. The molecule has 2 heterocycles. The van der Waals surface area contributed by atoms with Gasteiger partial charge in [0.15, 0.2) is 0 Å². The van der Waals surface area contributed by atoms with Gasteiger partial charge in [-0.2, -0.15) is 0 Å². The molecule has 1 aliphatic heterocycles. The maximum absolute atomic E-state index is 12.6. The second kappa shape index (κ2) is 10.9. The monoisotopic (exact) mass is 447 g/mol. The number of carbonyl (C=O) groups is 2. The zero-order chi connectivity index (χ0) is 23.0. The average molecular weight is 448 g/mol. The van der Waals surface area contributed by atoms with Crippen LogP contribution in [0.1, 0.15) is 37.1 Å². The van der Waals surface area contributed by atoms with E-state index < -0.39 is 0 Å². The van der Waals surface area contributed by atoms with Crippen molar-refractivity contribution in [3.63, 3.8) is 0 Å². The molecule has 0 radical (unpaired) electrons. The summed E-state index contributed by atoms with van der Waals surface area (Å²) in [6.07, 6.45) is 3.29. The Morgan fingerprint density at radius 2 is 1.88 bits per heavy atom. The van der Waals surface area contributed by atoms with Gasteiger partial charge in [0, 0.05) is 37.2 Å². The van der Waals surface area contributed by atoms with E-state index in [0.717, 1.165) is 36.2 Å². The lowest BCUT2D eigenvalue weighted by Crippen LogP contribution is -2.40. The van der Waals surface area contributed by atoms with E-state index in [-0.39, 0.29) is 17.7 Å². The van der Waals surface area contributed by atoms with Crippen LogP contribution in [0.4, 0.5) is 5.69 Å². The van der Waals surface area contributed by atoms with Crippen LogP contribution in [0.25, 0.3) is 11.5 Å². The van der Waals surface area contributed by atoms with Gasteiger partial charge in [-0.25, -0.2) is 0 Å². The minimum absolute atomic E-state index is 0.0566. The molecule has 2 aromatic carbocycles. The normalized spacial score (nSPS) is 16.4. The fourth-order valence-electron chi connectivity index (χ4n) is 4.12. The summed E-state index contributed by atoms with van der Waals surface area (Å²) in [5.41, 5.74) is 8.20. The first-order valence-electron chi connectivity index (χ1n) is 11.4. The summed E-state index contributed by atoms with van der Waals surface area (Å²) in [5, 5.41) is 11.2. The molecule has 0 aliphatic carbocycles. The van der Waals surface area contributed by atoms with Crippen molar-refractivity contribution in [3.8, 4) is 11.5 Å². The summed E-state index contributed by atoms with van der Waals surface area (Å²) in [4.78, 5) is 26.4. The van der Waals surface area contributed by atoms with Crippen LogP contribution in [0.15, 0.2) is 59.0 Å². The second-order valence-corrected chi connectivity index (χ2v) is 8.40. The van der Waals surface area contributed by atoms with Crippen LogP contribution in [-0.4, -0.2) is 40.0 Å². The summed E-state index contributed by atoms with van der Waals surface area (Å²) in [5.74, 6) is 0.612. The van der Waals surface area contributed by atoms with Crippen LogP contribution in [0.3, 0.4) is 0 Å². The predicted molar refractivity (Wildman–Crippen MR) is 125 cm³/mol. The highest BCUT2D eigenvalue weighted by Crippen LogP contribution is 2.23. The zero-order valence-corrected chi connectivity index (χ0v) is 18.6. The van der Waals surface area contributed by atoms with Gasteiger partial charge in [-0.1, -0.05) is 36.4 Å². The van der Waals surface area contributed by atoms with E-state index >= 15 is 0 Å². The number of piperidine rings is 1. The van der Waals surface area contributed by atoms with Gasteiger partial charge in [-0.15, -0.1) is 10.2 Å². The number of hydrogen-bond donors (Lipinski definition) is 2. The van der Waals surface area contributed by atoms with Gasteiger partial charge in [0.25, 0.3) is 0 Å². The number of likely N-dealkylation sites (tertiary alicyclic amines) is 1. The summed E-state index contributed by atoms with van der Waals surface area (Å²) in [6.45, 7) is 2.25. The molecule has 3 N–H and O–H groups in total. The van der Waals surface area contributed by atoms with E-state index in [4.69, 9.17) is 10.2 Å². The zero-order valence-electron chi connectivity index (χ0n) is 18.6. The van der Waals surface area contributed by atoms with Gasteiger partial charge in [0.1, 0.15) is 0 Å². The van der Waals surface area contributed by atoms with Crippen molar-refractivity contribution in [2.75, 3.05) is 18.4 Å². The molecule has 1 saturated heterocycles. The number of aromatic nitrogens is 2. The van der Waals surface area contributed by atoms with Gasteiger partial charge >= 0.3 is 0 Å². The van der Waals surface area contributed by atoms with Crippen LogP contribution < -0.4 is 11.1 Å². The van der Waals surface area contributed by atoms with E-state index in [9.17, 15) is 9.59 Å². The first-order chi connectivity index (χ1) is 16.1. The van der Waals surface area contributed by atoms with Crippen molar-refractivity contribution < 1.29 is 14.0 Å². The fraction of sp³-hybridized carbons (Fsp3) is 0.360. The molecule has 2 amide bonds. The van der Waals surface area contributed by atoms with Crippen molar-refractivity contribution in [1.82, 2.24) is 15.1 Å². The summed E-state index contributed by atoms with van der Waals surface area (Å²) < 4.78 is 5.71. The number of nitrogens with two attached hydrogens (primary N) is 1. The molecule has 0 saturated carbocycles. The van der Waals surface area contributed by atoms with Crippen LogP contribution >= 0.6 is 0 Å². The molecular weight excluding hydrogens is 418 g/mol. The van der Waals surface area contributed by atoms with Gasteiger partial charge < -0.3 is 15.5 Å². The van der Waals surface area contributed by atoms with Crippen molar-refractivity contribution in [1.29, 1.82) is 0 Å². The molecule has 1 aliphatic rings. The SMILES string of the molecule is NC(=O)[C@@H]1CCCN(Cc2ccccc2NC(=O)CCCc2nnc(-c3ccccc3)o2)C1. The summed E-state index contributed by atoms with van der Waals surface area (Å²) >= 11 is 0. The van der Waals surface area contributed by atoms with E-state index in [1.54, 1.807) is 0 Å². The van der Waals surface area contributed by atoms with Gasteiger partial charge in [-0.3, -0.25) is 14.5 Å². The van der Waals surface area contributed by atoms with Gasteiger partial charge in [-0.05, 0) is 49.6 Å². The molecule has 1 atom stereocenters. The third-order valence-corrected chi connectivity index (χ3v) is 5.88. The first kappa shape index (κ1) is 22.7. The van der Waals surface area contributed by atoms with Crippen LogP contribution in [-0.2, 0) is 22.6 Å². The number of nitrogens with zero attached hydrogens (tertiary/aromatic N) is 3. The molecule has 1 fully saturated rings. The number of aryl methyl sites for hydroxylation is 1. The Bertz CT molecular complexity index is 1080. The third-order valence-electron chi connectivity index (χ3n) is 5.88. The van der Waals surface area contributed by atoms with Gasteiger partial charge in [0.2, 0.25) is 23.6 Å². The number of hydrogen-bond acceptors (Lipinski definition) is 6. The minimum Gasteiger partial charge on any atom is -0.421 e. The number of para-hydroxylation sites is 1. The molecule has 0 spiro atoms. The largest absolute Gasteiger partial charge is 0.421 e. The topological polar surface area (TPSA) is 114 Å². The van der Waals surface area contributed by atoms with Crippen LogP contribution in [0, 0.1) is 5.92 Å². The number of amides is 2. The quantitative estimate of drug-likeness (QED) is 0.520. The van der Waals surface area contributed by atoms with Crippen molar-refractivity contribution >= 4 is 17.5 Å². The Labute approximate surface area is 193 Å². The molecule has 172 valence electrons. The predicted octanol–water partition coefficient (Wildman–Crippen LogP) is 3.40. The van der Waals surface area contributed by atoms with Crippen molar-refractivity contribution in [3.05, 3.63) is 66.1 Å². The Morgan fingerprint density at radius 3 is 2.70 bits per heavy atom. The number of primary amides is 1. The van der Waals surface area contributed by atoms with Gasteiger partial charge in [0.05, 0.1) is 5.92 Å². The second-order valence-electron chi connectivity index (χ2n) is 8.40. The Morgan fingerprint density at radius 1 is 1.09 bits per heavy atom. The smallest absolute Gasteiger partial charge is 0.247 e. The molecule has 33 heavy (non-hydrogen) atoms. The van der Waals surface area contributed by atoms with E-state index in [2.05, 4.69) is 20.4 Å². The highest BCUT2D eigenvalue weighted by molar-refractivity contribution is 5.91. The Balaban J connectivity index is 1.28. The highest BCUT2D eigenvalue weighted by Gasteiger charge is 2.24. The molecule has 4 rings (SSSR count). The maximum atomic E-state index is 12.6. The number of benzene rings is 2. The van der Waals surface area contributed by atoms with E-state index in [1.807, 2.05) is 54.6 Å². The molecule has 0 unspecified atom stereocenters. The molecule has 3 aromatic rings. The average Bonchev–Trinajstić information content (AvgIpc) is 3.30. The highest BCUT2D eigenvalue weighted by atomic mass is 16.4. The Hall–Kier alpha value is -3.52. The molecule has 0 bridgehead atoms. The molecular formula is C25H29N5O3. The van der Waals surface area contributed by atoms with E-state index in [0.29, 0.717) is 44.1 Å².